The Morgan fingerprint density at radius 1 is 1.26 bits per heavy atom. The highest BCUT2D eigenvalue weighted by Crippen LogP contribution is 2.34. The molecule has 1 aromatic heterocycles. The standard InChI is InChI=1S/C17H28N2O2S2/c1-16(2,3)21-15(20)19-9-10-22-12-13-11-18-8-7-14(13)23-17(4,5)6/h7-8,11H,9-10,12H2,1-6H3,(H,19,20). The third-order valence-corrected chi connectivity index (χ3v) is 4.69. The van der Waals surface area contributed by atoms with E-state index in [-0.39, 0.29) is 10.8 Å². The van der Waals surface area contributed by atoms with E-state index in [1.165, 1.54) is 10.5 Å². The van der Waals surface area contributed by atoms with E-state index in [9.17, 15) is 4.79 Å². The number of ether oxygens (including phenoxy) is 1. The number of hydrogen-bond acceptors (Lipinski definition) is 5. The van der Waals surface area contributed by atoms with Crippen LogP contribution in [0.1, 0.15) is 47.1 Å². The van der Waals surface area contributed by atoms with Crippen LogP contribution in [-0.2, 0) is 10.5 Å². The summed E-state index contributed by atoms with van der Waals surface area (Å²) in [5, 5.41) is 2.78. The molecule has 0 fully saturated rings. The average molecular weight is 357 g/mol. The van der Waals surface area contributed by atoms with Crippen LogP contribution in [0.4, 0.5) is 4.79 Å². The fourth-order valence-corrected chi connectivity index (χ4v) is 3.65. The first-order valence-corrected chi connectivity index (χ1v) is 9.70. The summed E-state index contributed by atoms with van der Waals surface area (Å²) in [7, 11) is 0. The van der Waals surface area contributed by atoms with Crippen molar-refractivity contribution in [3.63, 3.8) is 0 Å². The third-order valence-electron chi connectivity index (χ3n) is 2.45. The molecular formula is C17H28N2O2S2. The molecule has 6 heteroatoms. The Morgan fingerprint density at radius 3 is 2.57 bits per heavy atom. The lowest BCUT2D eigenvalue weighted by Crippen LogP contribution is -2.33. The number of pyridine rings is 1. The zero-order valence-corrected chi connectivity index (χ0v) is 16.6. The number of carbonyl (C=O) groups excluding carboxylic acids is 1. The van der Waals surface area contributed by atoms with Crippen molar-refractivity contribution >= 4 is 29.6 Å². The Kier molecular flexibility index (Phi) is 7.74. The lowest BCUT2D eigenvalue weighted by Gasteiger charge is -2.20. The number of rotatable bonds is 6. The zero-order valence-electron chi connectivity index (χ0n) is 14.9. The number of nitrogens with zero attached hydrogens (tertiary/aromatic N) is 1. The van der Waals surface area contributed by atoms with Crippen molar-refractivity contribution in [3.8, 4) is 0 Å². The molecule has 1 aromatic rings. The summed E-state index contributed by atoms with van der Waals surface area (Å²) in [6.45, 7) is 12.8. The molecule has 4 nitrogen and oxygen atoms in total. The Labute approximate surface area is 148 Å². The van der Waals surface area contributed by atoms with Gasteiger partial charge in [-0.1, -0.05) is 20.8 Å². The van der Waals surface area contributed by atoms with Crippen molar-refractivity contribution in [1.82, 2.24) is 10.3 Å². The van der Waals surface area contributed by atoms with Crippen LogP contribution in [0.2, 0.25) is 0 Å². The molecule has 23 heavy (non-hydrogen) atoms. The smallest absolute Gasteiger partial charge is 0.407 e. The van der Waals surface area contributed by atoms with Gasteiger partial charge >= 0.3 is 6.09 Å². The lowest BCUT2D eigenvalue weighted by molar-refractivity contribution is 0.0531. The van der Waals surface area contributed by atoms with E-state index in [2.05, 4.69) is 37.1 Å². The molecule has 0 radical (unpaired) electrons. The Balaban J connectivity index is 2.35. The van der Waals surface area contributed by atoms with Gasteiger partial charge in [-0.05, 0) is 32.4 Å². The second-order valence-electron chi connectivity index (χ2n) is 7.18. The predicted molar refractivity (Wildman–Crippen MR) is 100 cm³/mol. The van der Waals surface area contributed by atoms with E-state index in [4.69, 9.17) is 4.74 Å². The molecule has 0 unspecified atom stereocenters. The molecule has 130 valence electrons. The van der Waals surface area contributed by atoms with Gasteiger partial charge in [0.15, 0.2) is 0 Å². The molecule has 1 amide bonds. The van der Waals surface area contributed by atoms with Gasteiger partial charge in [-0.2, -0.15) is 11.8 Å². The molecule has 1 N–H and O–H groups in total. The molecule has 1 heterocycles. The van der Waals surface area contributed by atoms with E-state index in [1.807, 2.05) is 44.9 Å². The maximum absolute atomic E-state index is 11.5. The zero-order chi connectivity index (χ0) is 17.5. The van der Waals surface area contributed by atoms with Gasteiger partial charge in [0.2, 0.25) is 0 Å². The van der Waals surface area contributed by atoms with Gasteiger partial charge < -0.3 is 10.1 Å². The second-order valence-corrected chi connectivity index (χ2v) is 10.2. The van der Waals surface area contributed by atoms with Crippen molar-refractivity contribution < 1.29 is 9.53 Å². The third kappa shape index (κ3) is 9.76. The highest BCUT2D eigenvalue weighted by Gasteiger charge is 2.16. The molecule has 0 saturated heterocycles. The molecule has 0 aliphatic carbocycles. The number of hydrogen-bond donors (Lipinski definition) is 1. The topological polar surface area (TPSA) is 51.2 Å². The Hall–Kier alpha value is -0.880. The number of carbonyl (C=O) groups is 1. The minimum absolute atomic E-state index is 0.180. The van der Waals surface area contributed by atoms with Crippen LogP contribution in [0.15, 0.2) is 23.4 Å². The normalized spacial score (nSPS) is 12.1. The first-order valence-electron chi connectivity index (χ1n) is 7.73. The van der Waals surface area contributed by atoms with Gasteiger partial charge in [0.1, 0.15) is 5.60 Å². The molecular weight excluding hydrogens is 328 g/mol. The van der Waals surface area contributed by atoms with Crippen molar-refractivity contribution in [2.45, 2.75) is 62.5 Å². The lowest BCUT2D eigenvalue weighted by atomic mass is 10.2. The van der Waals surface area contributed by atoms with E-state index >= 15 is 0 Å². The number of alkyl carbamates (subject to hydrolysis) is 1. The van der Waals surface area contributed by atoms with Gasteiger partial charge in [0.05, 0.1) is 0 Å². The summed E-state index contributed by atoms with van der Waals surface area (Å²) in [6.07, 6.45) is 3.41. The van der Waals surface area contributed by atoms with Crippen molar-refractivity contribution in [2.75, 3.05) is 12.3 Å². The maximum Gasteiger partial charge on any atom is 0.407 e. The fourth-order valence-electron chi connectivity index (χ4n) is 1.67. The van der Waals surface area contributed by atoms with Crippen LogP contribution in [0, 0.1) is 0 Å². The van der Waals surface area contributed by atoms with Gasteiger partial charge in [0.25, 0.3) is 0 Å². The van der Waals surface area contributed by atoms with E-state index in [0.29, 0.717) is 6.54 Å². The van der Waals surface area contributed by atoms with Crippen LogP contribution >= 0.6 is 23.5 Å². The van der Waals surface area contributed by atoms with Crippen LogP contribution in [0.3, 0.4) is 0 Å². The van der Waals surface area contributed by atoms with E-state index < -0.39 is 5.60 Å². The van der Waals surface area contributed by atoms with Crippen LogP contribution in [-0.4, -0.2) is 33.7 Å². The van der Waals surface area contributed by atoms with Crippen molar-refractivity contribution in [2.24, 2.45) is 0 Å². The summed E-state index contributed by atoms with van der Waals surface area (Å²) in [6, 6.07) is 2.07. The second kappa shape index (κ2) is 8.83. The first-order chi connectivity index (χ1) is 10.6. The highest BCUT2D eigenvalue weighted by molar-refractivity contribution is 8.01. The molecule has 0 aromatic carbocycles. The number of nitrogens with one attached hydrogen (secondary N) is 1. The van der Waals surface area contributed by atoms with Crippen LogP contribution < -0.4 is 5.32 Å². The molecule has 0 atom stereocenters. The first kappa shape index (κ1) is 20.2. The van der Waals surface area contributed by atoms with Gasteiger partial charge in [-0.15, -0.1) is 11.8 Å². The summed E-state index contributed by atoms with van der Waals surface area (Å²) in [4.78, 5) is 17.1. The van der Waals surface area contributed by atoms with Gasteiger partial charge in [0, 0.05) is 40.1 Å². The maximum atomic E-state index is 11.5. The summed E-state index contributed by atoms with van der Waals surface area (Å²) in [5.74, 6) is 1.73. The number of amides is 1. The van der Waals surface area contributed by atoms with E-state index in [0.717, 1.165) is 11.5 Å². The Bertz CT molecular complexity index is 508. The highest BCUT2D eigenvalue weighted by atomic mass is 32.2. The summed E-state index contributed by atoms with van der Waals surface area (Å²) in [5.41, 5.74) is 0.793. The molecule has 0 spiro atoms. The SMILES string of the molecule is CC(C)(C)OC(=O)NCCSCc1cnccc1SC(C)(C)C. The summed E-state index contributed by atoms with van der Waals surface area (Å²) >= 11 is 3.64. The van der Waals surface area contributed by atoms with Gasteiger partial charge in [-0.3, -0.25) is 4.98 Å². The molecule has 0 saturated carbocycles. The minimum Gasteiger partial charge on any atom is -0.444 e. The quantitative estimate of drug-likeness (QED) is 0.590. The van der Waals surface area contributed by atoms with Gasteiger partial charge in [-0.25, -0.2) is 4.79 Å². The largest absolute Gasteiger partial charge is 0.444 e. The fraction of sp³-hybridized carbons (Fsp3) is 0.647. The molecule has 0 bridgehead atoms. The monoisotopic (exact) mass is 356 g/mol. The van der Waals surface area contributed by atoms with Crippen LogP contribution in [0.5, 0.6) is 0 Å². The Morgan fingerprint density at radius 2 is 1.96 bits per heavy atom. The molecule has 0 aliphatic heterocycles. The van der Waals surface area contributed by atoms with Crippen LogP contribution in [0.25, 0.3) is 0 Å². The minimum atomic E-state index is -0.452. The molecule has 0 aliphatic rings. The van der Waals surface area contributed by atoms with Crippen molar-refractivity contribution in [3.05, 3.63) is 24.0 Å². The number of aromatic nitrogens is 1. The van der Waals surface area contributed by atoms with E-state index in [1.54, 1.807) is 11.8 Å². The summed E-state index contributed by atoms with van der Waals surface area (Å²) < 4.78 is 5.38. The average Bonchev–Trinajstić information content (AvgIpc) is 2.36. The number of thioether (sulfide) groups is 2. The predicted octanol–water partition coefficient (Wildman–Crippen LogP) is 4.73. The molecule has 1 rings (SSSR count). The van der Waals surface area contributed by atoms with Crippen molar-refractivity contribution in [1.29, 1.82) is 0 Å².